The number of carbonyl (C=O) groups excluding carboxylic acids is 1. The van der Waals surface area contributed by atoms with E-state index in [1.807, 2.05) is 0 Å². The summed E-state index contributed by atoms with van der Waals surface area (Å²) in [5.74, 6) is -1.07. The number of carbonyl (C=O) groups is 2. The van der Waals surface area contributed by atoms with Crippen LogP contribution in [0, 0.1) is 12.8 Å². The number of nitrogens with one attached hydrogen (secondary N) is 1. The molecule has 0 radical (unpaired) electrons. The van der Waals surface area contributed by atoms with Crippen molar-refractivity contribution in [2.24, 2.45) is 5.92 Å². The second-order valence-corrected chi connectivity index (χ2v) is 4.45. The zero-order valence-electron chi connectivity index (χ0n) is 9.60. The van der Waals surface area contributed by atoms with Gasteiger partial charge in [-0.3, -0.25) is 9.59 Å². The molecule has 0 aromatic carbocycles. The van der Waals surface area contributed by atoms with E-state index in [9.17, 15) is 9.59 Å². The monoisotopic (exact) mass is 237 g/mol. The van der Waals surface area contributed by atoms with E-state index >= 15 is 0 Å². The van der Waals surface area contributed by atoms with Crippen LogP contribution in [0.25, 0.3) is 0 Å². The number of hydrogen-bond acceptors (Lipinski definition) is 3. The molecule has 0 spiro atoms. The van der Waals surface area contributed by atoms with E-state index in [1.165, 1.54) is 6.26 Å². The van der Waals surface area contributed by atoms with Crippen molar-refractivity contribution in [2.45, 2.75) is 32.2 Å². The van der Waals surface area contributed by atoms with Crippen molar-refractivity contribution in [3.05, 3.63) is 23.7 Å². The maximum Gasteiger partial charge on any atom is 0.306 e. The first kappa shape index (κ1) is 11.7. The van der Waals surface area contributed by atoms with Crippen LogP contribution in [-0.2, 0) is 4.79 Å². The molecule has 0 unspecified atom stereocenters. The quantitative estimate of drug-likeness (QED) is 0.836. The Morgan fingerprint density at radius 1 is 1.47 bits per heavy atom. The van der Waals surface area contributed by atoms with Crippen LogP contribution in [-0.4, -0.2) is 23.0 Å². The summed E-state index contributed by atoms with van der Waals surface area (Å²) in [7, 11) is 0. The largest absolute Gasteiger partial charge is 0.481 e. The molecule has 2 N–H and O–H groups in total. The van der Waals surface area contributed by atoms with E-state index in [2.05, 4.69) is 5.32 Å². The number of furan rings is 1. The van der Waals surface area contributed by atoms with Crippen LogP contribution in [0.5, 0.6) is 0 Å². The number of aliphatic carboxylic acids is 1. The smallest absolute Gasteiger partial charge is 0.306 e. The molecular weight excluding hydrogens is 222 g/mol. The van der Waals surface area contributed by atoms with Crippen molar-refractivity contribution < 1.29 is 19.1 Å². The highest BCUT2D eigenvalue weighted by molar-refractivity contribution is 5.93. The van der Waals surface area contributed by atoms with Gasteiger partial charge in [-0.05, 0) is 32.3 Å². The fourth-order valence-electron chi connectivity index (χ4n) is 2.19. The van der Waals surface area contributed by atoms with Crippen LogP contribution in [0.2, 0.25) is 0 Å². The molecule has 2 rings (SSSR count). The number of carboxylic acid groups (broad SMARTS) is 1. The molecule has 1 aromatic heterocycles. The molecule has 0 saturated heterocycles. The lowest BCUT2D eigenvalue weighted by Gasteiger charge is -2.11. The lowest BCUT2D eigenvalue weighted by atomic mass is 10.1. The number of rotatable bonds is 3. The number of amides is 1. The molecule has 5 nitrogen and oxygen atoms in total. The Balaban J connectivity index is 1.93. The molecule has 1 amide bonds. The lowest BCUT2D eigenvalue weighted by Crippen LogP contribution is -2.33. The predicted octanol–water partition coefficient (Wildman–Crippen LogP) is 1.57. The van der Waals surface area contributed by atoms with Gasteiger partial charge in [0.15, 0.2) is 5.76 Å². The van der Waals surface area contributed by atoms with E-state index in [0.717, 1.165) is 5.56 Å². The van der Waals surface area contributed by atoms with Crippen molar-refractivity contribution >= 4 is 11.9 Å². The molecule has 1 heterocycles. The first-order chi connectivity index (χ1) is 8.08. The van der Waals surface area contributed by atoms with E-state index < -0.39 is 5.97 Å². The zero-order valence-corrected chi connectivity index (χ0v) is 9.60. The third kappa shape index (κ3) is 2.49. The standard InChI is InChI=1S/C12H15NO4/c1-7-4-5-17-10(7)11(14)13-9-3-2-8(6-9)12(15)16/h4-5,8-9H,2-3,6H2,1H3,(H,13,14)(H,15,16)/t8-,9-/m1/s1. The Kier molecular flexibility index (Phi) is 3.17. The van der Waals surface area contributed by atoms with Gasteiger partial charge in [-0.15, -0.1) is 0 Å². The second kappa shape index (κ2) is 4.61. The molecule has 0 bridgehead atoms. The van der Waals surface area contributed by atoms with Gasteiger partial charge >= 0.3 is 5.97 Å². The summed E-state index contributed by atoms with van der Waals surface area (Å²) >= 11 is 0. The fraction of sp³-hybridized carbons (Fsp3) is 0.500. The molecule has 2 atom stereocenters. The van der Waals surface area contributed by atoms with Crippen LogP contribution >= 0.6 is 0 Å². The molecule has 1 saturated carbocycles. The third-order valence-corrected chi connectivity index (χ3v) is 3.19. The molecule has 1 aliphatic rings. The minimum atomic E-state index is -0.782. The Labute approximate surface area is 98.8 Å². The third-order valence-electron chi connectivity index (χ3n) is 3.19. The first-order valence-electron chi connectivity index (χ1n) is 5.65. The van der Waals surface area contributed by atoms with Crippen molar-refractivity contribution in [3.63, 3.8) is 0 Å². The van der Waals surface area contributed by atoms with Crippen LogP contribution in [0.1, 0.15) is 35.4 Å². The highest BCUT2D eigenvalue weighted by atomic mass is 16.4. The van der Waals surface area contributed by atoms with Gasteiger partial charge < -0.3 is 14.8 Å². The fourth-order valence-corrected chi connectivity index (χ4v) is 2.19. The van der Waals surface area contributed by atoms with Gasteiger partial charge in [-0.1, -0.05) is 0 Å². The Morgan fingerprint density at radius 2 is 2.24 bits per heavy atom. The van der Waals surface area contributed by atoms with Gasteiger partial charge in [-0.2, -0.15) is 0 Å². The minimum absolute atomic E-state index is 0.0619. The highest BCUT2D eigenvalue weighted by Crippen LogP contribution is 2.26. The summed E-state index contributed by atoms with van der Waals surface area (Å²) in [5.41, 5.74) is 0.787. The van der Waals surface area contributed by atoms with Crippen LogP contribution in [0.4, 0.5) is 0 Å². The van der Waals surface area contributed by atoms with Crippen LogP contribution < -0.4 is 5.32 Å². The summed E-state index contributed by atoms with van der Waals surface area (Å²) in [6, 6.07) is 1.66. The normalized spacial score (nSPS) is 23.6. The van der Waals surface area contributed by atoms with Crippen LogP contribution in [0.15, 0.2) is 16.7 Å². The lowest BCUT2D eigenvalue weighted by molar-refractivity contribution is -0.141. The minimum Gasteiger partial charge on any atom is -0.481 e. The predicted molar refractivity (Wildman–Crippen MR) is 59.7 cm³/mol. The maximum atomic E-state index is 11.8. The van der Waals surface area contributed by atoms with Gasteiger partial charge in [0.25, 0.3) is 5.91 Å². The number of hydrogen-bond donors (Lipinski definition) is 2. The van der Waals surface area contributed by atoms with Crippen molar-refractivity contribution in [3.8, 4) is 0 Å². The Morgan fingerprint density at radius 3 is 2.76 bits per heavy atom. The van der Waals surface area contributed by atoms with Gasteiger partial charge in [0.2, 0.25) is 0 Å². The summed E-state index contributed by atoms with van der Waals surface area (Å²) < 4.78 is 5.08. The molecular formula is C12H15NO4. The molecule has 5 heteroatoms. The van der Waals surface area contributed by atoms with Crippen molar-refractivity contribution in [2.75, 3.05) is 0 Å². The van der Waals surface area contributed by atoms with Crippen LogP contribution in [0.3, 0.4) is 0 Å². The highest BCUT2D eigenvalue weighted by Gasteiger charge is 2.31. The Hall–Kier alpha value is -1.78. The average molecular weight is 237 g/mol. The van der Waals surface area contributed by atoms with Gasteiger partial charge in [0.05, 0.1) is 12.2 Å². The van der Waals surface area contributed by atoms with E-state index in [-0.39, 0.29) is 17.9 Å². The van der Waals surface area contributed by atoms with Gasteiger partial charge in [-0.25, -0.2) is 0 Å². The topological polar surface area (TPSA) is 79.5 Å². The molecule has 1 aromatic rings. The van der Waals surface area contributed by atoms with Gasteiger partial charge in [0.1, 0.15) is 0 Å². The van der Waals surface area contributed by atoms with E-state index in [4.69, 9.17) is 9.52 Å². The number of carboxylic acids is 1. The van der Waals surface area contributed by atoms with E-state index in [0.29, 0.717) is 25.0 Å². The summed E-state index contributed by atoms with van der Waals surface area (Å²) in [6.07, 6.45) is 3.31. The van der Waals surface area contributed by atoms with E-state index in [1.54, 1.807) is 13.0 Å². The van der Waals surface area contributed by atoms with Gasteiger partial charge in [0, 0.05) is 11.6 Å². The average Bonchev–Trinajstić information content (AvgIpc) is 2.86. The van der Waals surface area contributed by atoms with Crippen molar-refractivity contribution in [1.29, 1.82) is 0 Å². The SMILES string of the molecule is Cc1ccoc1C(=O)N[C@@H]1CC[C@@H](C(=O)O)C1. The molecule has 1 aliphatic carbocycles. The summed E-state index contributed by atoms with van der Waals surface area (Å²) in [5, 5.41) is 11.7. The Bertz CT molecular complexity index is 437. The first-order valence-corrected chi connectivity index (χ1v) is 5.65. The molecule has 17 heavy (non-hydrogen) atoms. The summed E-state index contributed by atoms with van der Waals surface area (Å²) in [6.45, 7) is 1.80. The molecule has 92 valence electrons. The molecule has 1 fully saturated rings. The summed E-state index contributed by atoms with van der Waals surface area (Å²) in [4.78, 5) is 22.6. The number of aryl methyl sites for hydroxylation is 1. The molecule has 0 aliphatic heterocycles. The second-order valence-electron chi connectivity index (χ2n) is 4.45. The van der Waals surface area contributed by atoms with Crippen molar-refractivity contribution in [1.82, 2.24) is 5.32 Å². The zero-order chi connectivity index (χ0) is 12.4. The maximum absolute atomic E-state index is 11.8.